The maximum Gasteiger partial charge on any atom is 0.407 e. The normalized spacial score (nSPS) is 9.76. The Balaban J connectivity index is 0.000000512. The van der Waals surface area contributed by atoms with Crippen molar-refractivity contribution < 1.29 is 14.3 Å². The van der Waals surface area contributed by atoms with Gasteiger partial charge >= 0.3 is 6.09 Å². The minimum absolute atomic E-state index is 0.323. The van der Waals surface area contributed by atoms with E-state index in [0.29, 0.717) is 13.2 Å². The van der Waals surface area contributed by atoms with E-state index in [9.17, 15) is 4.79 Å². The second kappa shape index (κ2) is 15.0. The summed E-state index contributed by atoms with van der Waals surface area (Å²) >= 11 is 0. The first kappa shape index (κ1) is 26.1. The van der Waals surface area contributed by atoms with Crippen molar-refractivity contribution in [2.75, 3.05) is 6.54 Å². The Hall–Kier alpha value is -2.93. The van der Waals surface area contributed by atoms with Gasteiger partial charge in [-0.25, -0.2) is 4.79 Å². The number of benzene rings is 2. The van der Waals surface area contributed by atoms with Gasteiger partial charge in [0.1, 0.15) is 18.0 Å². The molecule has 2 aromatic carbocycles. The second-order valence-corrected chi connectivity index (χ2v) is 7.37. The van der Waals surface area contributed by atoms with E-state index in [2.05, 4.69) is 56.3 Å². The molecule has 0 bridgehead atoms. The fourth-order valence-corrected chi connectivity index (χ4v) is 2.06. The van der Waals surface area contributed by atoms with Crippen LogP contribution in [0.15, 0.2) is 54.6 Å². The molecule has 1 amide bonds. The van der Waals surface area contributed by atoms with E-state index in [4.69, 9.17) is 9.47 Å². The molecule has 29 heavy (non-hydrogen) atoms. The zero-order valence-electron chi connectivity index (χ0n) is 18.4. The summed E-state index contributed by atoms with van der Waals surface area (Å²) in [7, 11) is 0. The predicted octanol–water partition coefficient (Wildman–Crippen LogP) is 6.13. The first-order valence-corrected chi connectivity index (χ1v) is 9.83. The average molecular weight is 398 g/mol. The van der Waals surface area contributed by atoms with Crippen LogP contribution in [0.2, 0.25) is 0 Å². The van der Waals surface area contributed by atoms with E-state index in [0.717, 1.165) is 18.6 Å². The Morgan fingerprint density at radius 3 is 2.10 bits per heavy atom. The lowest BCUT2D eigenvalue weighted by molar-refractivity contribution is 0.0527. The van der Waals surface area contributed by atoms with E-state index >= 15 is 0 Å². The highest BCUT2D eigenvalue weighted by Crippen LogP contribution is 2.13. The number of hydrogen-bond donors (Lipinski definition) is 1. The first-order chi connectivity index (χ1) is 13.8. The molecule has 2 aromatic rings. The molecule has 0 fully saturated rings. The molecule has 0 unspecified atom stereocenters. The number of nitrogens with one attached hydrogen (secondary N) is 1. The number of carbonyl (C=O) groups excluding carboxylic acids is 1. The fourth-order valence-electron chi connectivity index (χ4n) is 2.06. The second-order valence-electron chi connectivity index (χ2n) is 7.37. The van der Waals surface area contributed by atoms with Crippen LogP contribution in [0.4, 0.5) is 4.79 Å². The standard InChI is InChI=1S/C14H14O.C9H19NO2.C2H2/c1-12-7-9-14(10-8-12)15-11-13-5-3-2-4-6-13;1-5-6-7-10-8(11)12-9(2,3)4;1-2/h2-10H,11H2,1H3;5-7H2,1-4H3,(H,10,11);1-2H. The van der Waals surface area contributed by atoms with Crippen LogP contribution >= 0.6 is 0 Å². The molecule has 0 aromatic heterocycles. The van der Waals surface area contributed by atoms with Crippen molar-refractivity contribution in [3.63, 3.8) is 0 Å². The summed E-state index contributed by atoms with van der Waals surface area (Å²) in [5.74, 6) is 0.921. The third-order valence-corrected chi connectivity index (χ3v) is 3.47. The third-order valence-electron chi connectivity index (χ3n) is 3.47. The lowest BCUT2D eigenvalue weighted by Crippen LogP contribution is -2.32. The van der Waals surface area contributed by atoms with Crippen molar-refractivity contribution in [1.82, 2.24) is 5.32 Å². The van der Waals surface area contributed by atoms with E-state index in [1.165, 1.54) is 11.1 Å². The van der Waals surface area contributed by atoms with Crippen molar-refractivity contribution in [2.24, 2.45) is 0 Å². The molecule has 0 spiro atoms. The van der Waals surface area contributed by atoms with Crippen LogP contribution in [0.1, 0.15) is 51.7 Å². The van der Waals surface area contributed by atoms with Gasteiger partial charge in [-0.05, 0) is 51.8 Å². The lowest BCUT2D eigenvalue weighted by Gasteiger charge is -2.19. The average Bonchev–Trinajstić information content (AvgIpc) is 2.69. The van der Waals surface area contributed by atoms with Crippen LogP contribution in [0, 0.1) is 19.8 Å². The molecule has 4 heteroatoms. The summed E-state index contributed by atoms with van der Waals surface area (Å²) in [6, 6.07) is 18.3. The number of hydrogen-bond acceptors (Lipinski definition) is 3. The maximum absolute atomic E-state index is 11.0. The van der Waals surface area contributed by atoms with E-state index in [1.54, 1.807) is 0 Å². The molecule has 1 N–H and O–H groups in total. The van der Waals surface area contributed by atoms with Gasteiger partial charge < -0.3 is 14.8 Å². The van der Waals surface area contributed by atoms with Crippen LogP contribution in [-0.2, 0) is 11.3 Å². The molecule has 0 saturated heterocycles. The Labute approximate surface area is 176 Å². The summed E-state index contributed by atoms with van der Waals surface area (Å²) in [6.07, 6.45) is 9.76. The molecule has 0 atom stereocenters. The molecule has 0 saturated carbocycles. The van der Waals surface area contributed by atoms with Crippen LogP contribution in [0.3, 0.4) is 0 Å². The van der Waals surface area contributed by atoms with Gasteiger partial charge in [0.05, 0.1) is 0 Å². The maximum atomic E-state index is 11.0. The van der Waals surface area contributed by atoms with Gasteiger partial charge in [0.2, 0.25) is 0 Å². The summed E-state index contributed by atoms with van der Waals surface area (Å²) < 4.78 is 10.7. The van der Waals surface area contributed by atoms with Crippen LogP contribution in [0.25, 0.3) is 0 Å². The van der Waals surface area contributed by atoms with Crippen LogP contribution in [-0.4, -0.2) is 18.2 Å². The highest BCUT2D eigenvalue weighted by molar-refractivity contribution is 5.67. The van der Waals surface area contributed by atoms with Gasteiger partial charge in [0.15, 0.2) is 0 Å². The number of terminal acetylenes is 1. The number of aryl methyl sites for hydroxylation is 1. The van der Waals surface area contributed by atoms with Crippen molar-refractivity contribution in [3.8, 4) is 18.6 Å². The third kappa shape index (κ3) is 14.8. The Morgan fingerprint density at radius 1 is 1.00 bits per heavy atom. The minimum atomic E-state index is -0.393. The number of ether oxygens (including phenoxy) is 2. The monoisotopic (exact) mass is 397 g/mol. The van der Waals surface area contributed by atoms with Gasteiger partial charge in [0.25, 0.3) is 0 Å². The summed E-state index contributed by atoms with van der Waals surface area (Å²) in [6.45, 7) is 11.0. The molecule has 0 aliphatic heterocycles. The van der Waals surface area contributed by atoms with Crippen LogP contribution in [0.5, 0.6) is 5.75 Å². The summed E-state index contributed by atoms with van der Waals surface area (Å²) in [5, 5.41) is 2.68. The van der Waals surface area contributed by atoms with Crippen molar-refractivity contribution >= 4 is 6.09 Å². The van der Waals surface area contributed by atoms with Gasteiger partial charge in [-0.1, -0.05) is 61.4 Å². The Bertz CT molecular complexity index is 686. The van der Waals surface area contributed by atoms with Crippen molar-refractivity contribution in [1.29, 1.82) is 0 Å². The molecule has 0 radical (unpaired) electrons. The molecule has 0 heterocycles. The zero-order chi connectivity index (χ0) is 22.1. The molecule has 4 nitrogen and oxygen atoms in total. The summed E-state index contributed by atoms with van der Waals surface area (Å²) in [5.41, 5.74) is 2.05. The number of unbranched alkanes of at least 4 members (excludes halogenated alkanes) is 1. The fraction of sp³-hybridized carbons (Fsp3) is 0.400. The largest absolute Gasteiger partial charge is 0.489 e. The highest BCUT2D eigenvalue weighted by Gasteiger charge is 2.15. The van der Waals surface area contributed by atoms with Gasteiger partial charge in [-0.3, -0.25) is 0 Å². The number of amides is 1. The molecule has 0 aliphatic rings. The van der Waals surface area contributed by atoms with Gasteiger partial charge in [-0.2, -0.15) is 0 Å². The van der Waals surface area contributed by atoms with E-state index < -0.39 is 5.60 Å². The van der Waals surface area contributed by atoms with Gasteiger partial charge in [-0.15, -0.1) is 12.8 Å². The molecule has 2 rings (SSSR count). The SMILES string of the molecule is C#C.CCCCNC(=O)OC(C)(C)C.Cc1ccc(OCc2ccccc2)cc1. The smallest absolute Gasteiger partial charge is 0.407 e. The first-order valence-electron chi connectivity index (χ1n) is 9.83. The number of rotatable bonds is 6. The number of carbonyl (C=O) groups is 1. The summed E-state index contributed by atoms with van der Waals surface area (Å²) in [4.78, 5) is 11.0. The highest BCUT2D eigenvalue weighted by atomic mass is 16.6. The Morgan fingerprint density at radius 2 is 1.59 bits per heavy atom. The zero-order valence-corrected chi connectivity index (χ0v) is 18.4. The predicted molar refractivity (Wildman–Crippen MR) is 121 cm³/mol. The topological polar surface area (TPSA) is 47.6 Å². The van der Waals surface area contributed by atoms with E-state index in [-0.39, 0.29) is 6.09 Å². The molecule has 0 aliphatic carbocycles. The molecule has 158 valence electrons. The molecular weight excluding hydrogens is 362 g/mol. The van der Waals surface area contributed by atoms with Crippen LogP contribution < -0.4 is 10.1 Å². The Kier molecular flexibility index (Phi) is 13.5. The number of alkyl carbamates (subject to hydrolysis) is 1. The van der Waals surface area contributed by atoms with E-state index in [1.807, 2.05) is 51.1 Å². The van der Waals surface area contributed by atoms with Gasteiger partial charge in [0, 0.05) is 6.54 Å². The quantitative estimate of drug-likeness (QED) is 0.471. The lowest BCUT2D eigenvalue weighted by atomic mass is 10.2. The van der Waals surface area contributed by atoms with Crippen molar-refractivity contribution in [3.05, 3.63) is 65.7 Å². The minimum Gasteiger partial charge on any atom is -0.489 e. The van der Waals surface area contributed by atoms with Crippen molar-refractivity contribution in [2.45, 2.75) is 59.7 Å². The molecular formula is C25H35NO3.